The molecule has 1 aliphatic rings. The van der Waals surface area contributed by atoms with Crippen molar-refractivity contribution >= 4 is 28.3 Å². The first-order chi connectivity index (χ1) is 10.5. The number of amides is 2. The average Bonchev–Trinajstić information content (AvgIpc) is 2.81. The van der Waals surface area contributed by atoms with Crippen molar-refractivity contribution < 1.29 is 9.59 Å². The van der Waals surface area contributed by atoms with E-state index in [-0.39, 0.29) is 17.9 Å². The molecule has 2 atom stereocenters. The number of nitrogens with one attached hydrogen (secondary N) is 1. The maximum atomic E-state index is 12.7. The number of hydrogen-bond acceptors (Lipinski definition) is 2. The van der Waals surface area contributed by atoms with Crippen LogP contribution in [0, 0.1) is 0 Å². The molecule has 0 fully saturated rings. The fraction of sp³-hybridized carbons (Fsp3) is 0.333. The predicted octanol–water partition coefficient (Wildman–Crippen LogP) is 3.10. The molecule has 2 aromatic carbocycles. The molecule has 1 aliphatic heterocycles. The second-order valence-electron chi connectivity index (χ2n) is 5.85. The van der Waals surface area contributed by atoms with Gasteiger partial charge in [0, 0.05) is 17.0 Å². The summed E-state index contributed by atoms with van der Waals surface area (Å²) < 4.78 is 0. The van der Waals surface area contributed by atoms with Gasteiger partial charge in [0.25, 0.3) is 5.91 Å². The highest BCUT2D eigenvalue weighted by Gasteiger charge is 2.35. The molecule has 0 spiro atoms. The summed E-state index contributed by atoms with van der Waals surface area (Å²) in [6, 6.07) is 11.1. The van der Waals surface area contributed by atoms with E-state index in [0.29, 0.717) is 5.56 Å². The zero-order valence-corrected chi connectivity index (χ0v) is 13.1. The van der Waals surface area contributed by atoms with E-state index in [4.69, 9.17) is 0 Å². The Balaban J connectivity index is 1.99. The summed E-state index contributed by atoms with van der Waals surface area (Å²) in [4.78, 5) is 26.7. The second kappa shape index (κ2) is 5.44. The zero-order valence-electron chi connectivity index (χ0n) is 13.1. The minimum atomic E-state index is -0.528. The molecule has 0 aromatic heterocycles. The number of carbonyl (C=O) groups is 2. The SMILES string of the molecule is CCC(C)NC(=O)C(C)N1C(=O)c2cccc3cccc1c23. The molecule has 0 aliphatic carbocycles. The van der Waals surface area contributed by atoms with E-state index in [1.165, 1.54) is 0 Å². The smallest absolute Gasteiger partial charge is 0.259 e. The van der Waals surface area contributed by atoms with Gasteiger partial charge in [0.2, 0.25) is 5.91 Å². The van der Waals surface area contributed by atoms with Gasteiger partial charge >= 0.3 is 0 Å². The van der Waals surface area contributed by atoms with Gasteiger partial charge in [-0.3, -0.25) is 14.5 Å². The van der Waals surface area contributed by atoms with Crippen molar-refractivity contribution in [1.29, 1.82) is 0 Å². The fourth-order valence-corrected chi connectivity index (χ4v) is 2.91. The summed E-state index contributed by atoms with van der Waals surface area (Å²) in [5, 5.41) is 4.92. The molecule has 0 saturated carbocycles. The fourth-order valence-electron chi connectivity index (χ4n) is 2.91. The molecule has 2 amide bonds. The molecule has 1 N–H and O–H groups in total. The van der Waals surface area contributed by atoms with E-state index in [2.05, 4.69) is 5.32 Å². The summed E-state index contributed by atoms with van der Waals surface area (Å²) in [6.45, 7) is 5.76. The summed E-state index contributed by atoms with van der Waals surface area (Å²) in [5.74, 6) is -0.217. The molecule has 0 saturated heterocycles. The summed E-state index contributed by atoms with van der Waals surface area (Å²) in [5.41, 5.74) is 1.50. The molecule has 22 heavy (non-hydrogen) atoms. The topological polar surface area (TPSA) is 49.4 Å². The Morgan fingerprint density at radius 2 is 1.86 bits per heavy atom. The first-order valence-corrected chi connectivity index (χ1v) is 7.70. The number of benzene rings is 2. The number of carbonyl (C=O) groups excluding carboxylic acids is 2. The van der Waals surface area contributed by atoms with Gasteiger partial charge in [-0.1, -0.05) is 31.2 Å². The molecular formula is C18H20N2O2. The largest absolute Gasteiger partial charge is 0.352 e. The van der Waals surface area contributed by atoms with Crippen LogP contribution in [-0.4, -0.2) is 23.9 Å². The van der Waals surface area contributed by atoms with Gasteiger partial charge in [-0.25, -0.2) is 0 Å². The van der Waals surface area contributed by atoms with Gasteiger partial charge in [0.05, 0.1) is 5.69 Å². The number of nitrogens with zero attached hydrogens (tertiary/aromatic N) is 1. The lowest BCUT2D eigenvalue weighted by molar-refractivity contribution is -0.122. The lowest BCUT2D eigenvalue weighted by Gasteiger charge is -2.26. The summed E-state index contributed by atoms with van der Waals surface area (Å²) in [6.07, 6.45) is 0.863. The maximum absolute atomic E-state index is 12.7. The van der Waals surface area contributed by atoms with Crippen molar-refractivity contribution in [2.24, 2.45) is 0 Å². The summed E-state index contributed by atoms with van der Waals surface area (Å²) in [7, 11) is 0. The Kier molecular flexibility index (Phi) is 3.61. The van der Waals surface area contributed by atoms with Crippen LogP contribution >= 0.6 is 0 Å². The highest BCUT2D eigenvalue weighted by atomic mass is 16.2. The van der Waals surface area contributed by atoms with E-state index in [1.54, 1.807) is 11.8 Å². The molecule has 2 aromatic rings. The Labute approximate surface area is 130 Å². The predicted molar refractivity (Wildman–Crippen MR) is 88.1 cm³/mol. The van der Waals surface area contributed by atoms with Crippen LogP contribution in [0.3, 0.4) is 0 Å². The zero-order chi connectivity index (χ0) is 15.9. The molecule has 3 rings (SSSR count). The normalized spacial score (nSPS) is 16.0. The third-order valence-electron chi connectivity index (χ3n) is 4.36. The van der Waals surface area contributed by atoms with Gasteiger partial charge in [-0.15, -0.1) is 0 Å². The van der Waals surface area contributed by atoms with Crippen LogP contribution in [0.2, 0.25) is 0 Å². The molecule has 0 radical (unpaired) electrons. The highest BCUT2D eigenvalue weighted by Crippen LogP contribution is 2.38. The van der Waals surface area contributed by atoms with Gasteiger partial charge in [0.1, 0.15) is 6.04 Å². The Morgan fingerprint density at radius 1 is 1.18 bits per heavy atom. The second-order valence-corrected chi connectivity index (χ2v) is 5.85. The molecule has 2 unspecified atom stereocenters. The van der Waals surface area contributed by atoms with Crippen LogP contribution in [-0.2, 0) is 4.79 Å². The average molecular weight is 296 g/mol. The van der Waals surface area contributed by atoms with Crippen LogP contribution in [0.15, 0.2) is 36.4 Å². The van der Waals surface area contributed by atoms with Crippen molar-refractivity contribution in [2.45, 2.75) is 39.3 Å². The Morgan fingerprint density at radius 3 is 2.55 bits per heavy atom. The number of rotatable bonds is 4. The van der Waals surface area contributed by atoms with Crippen LogP contribution in [0.25, 0.3) is 10.8 Å². The van der Waals surface area contributed by atoms with E-state index < -0.39 is 6.04 Å². The van der Waals surface area contributed by atoms with Crippen molar-refractivity contribution in [2.75, 3.05) is 4.90 Å². The molecule has 4 heteroatoms. The lowest BCUT2D eigenvalue weighted by atomic mass is 10.1. The third kappa shape index (κ3) is 2.15. The first kappa shape index (κ1) is 14.6. The standard InChI is InChI=1S/C18H20N2O2/c1-4-11(2)19-17(21)12(3)20-15-10-6-8-13-7-5-9-14(16(13)15)18(20)22/h5-12H,4H2,1-3H3,(H,19,21). The minimum Gasteiger partial charge on any atom is -0.352 e. The van der Waals surface area contributed by atoms with Crippen molar-refractivity contribution in [3.05, 3.63) is 42.0 Å². The van der Waals surface area contributed by atoms with E-state index in [1.807, 2.05) is 50.2 Å². The summed E-state index contributed by atoms with van der Waals surface area (Å²) >= 11 is 0. The molecule has 114 valence electrons. The first-order valence-electron chi connectivity index (χ1n) is 7.70. The van der Waals surface area contributed by atoms with Gasteiger partial charge in [-0.05, 0) is 37.8 Å². The molecule has 0 bridgehead atoms. The van der Waals surface area contributed by atoms with Crippen LogP contribution in [0.1, 0.15) is 37.6 Å². The minimum absolute atomic E-state index is 0.0985. The van der Waals surface area contributed by atoms with Crippen LogP contribution < -0.4 is 10.2 Å². The maximum Gasteiger partial charge on any atom is 0.259 e. The monoisotopic (exact) mass is 296 g/mol. The van der Waals surface area contributed by atoms with Crippen molar-refractivity contribution in [3.8, 4) is 0 Å². The van der Waals surface area contributed by atoms with Gasteiger partial charge in [-0.2, -0.15) is 0 Å². The molecule has 1 heterocycles. The third-order valence-corrected chi connectivity index (χ3v) is 4.36. The van der Waals surface area contributed by atoms with Gasteiger partial charge < -0.3 is 5.32 Å². The van der Waals surface area contributed by atoms with Crippen LogP contribution in [0.4, 0.5) is 5.69 Å². The lowest BCUT2D eigenvalue weighted by Crippen LogP contribution is -2.48. The quantitative estimate of drug-likeness (QED) is 0.942. The van der Waals surface area contributed by atoms with E-state index in [9.17, 15) is 9.59 Å². The Bertz CT molecular complexity index is 749. The van der Waals surface area contributed by atoms with Gasteiger partial charge in [0.15, 0.2) is 0 Å². The molecule has 4 nitrogen and oxygen atoms in total. The van der Waals surface area contributed by atoms with E-state index in [0.717, 1.165) is 22.9 Å². The molecular weight excluding hydrogens is 276 g/mol. The van der Waals surface area contributed by atoms with Crippen molar-refractivity contribution in [1.82, 2.24) is 5.32 Å². The number of hydrogen-bond donors (Lipinski definition) is 1. The van der Waals surface area contributed by atoms with E-state index >= 15 is 0 Å². The Hall–Kier alpha value is -2.36. The number of anilines is 1. The highest BCUT2D eigenvalue weighted by molar-refractivity contribution is 6.26. The van der Waals surface area contributed by atoms with Crippen molar-refractivity contribution in [3.63, 3.8) is 0 Å². The van der Waals surface area contributed by atoms with Crippen LogP contribution in [0.5, 0.6) is 0 Å².